The molecule has 15 heavy (non-hydrogen) atoms. The smallest absolute Gasteiger partial charge is 0.228 e. The summed E-state index contributed by atoms with van der Waals surface area (Å²) < 4.78 is 0. The molecule has 2 rings (SSSR count). The van der Waals surface area contributed by atoms with Crippen molar-refractivity contribution in [3.05, 3.63) is 22.2 Å². The van der Waals surface area contributed by atoms with E-state index in [1.807, 2.05) is 6.92 Å². The number of rotatable bonds is 2. The molecule has 1 saturated carbocycles. The van der Waals surface area contributed by atoms with Gasteiger partial charge in [0.25, 0.3) is 0 Å². The van der Waals surface area contributed by atoms with Gasteiger partial charge in [0.05, 0.1) is 5.41 Å². The lowest BCUT2D eigenvalue weighted by molar-refractivity contribution is -0.120. The first-order valence-electron chi connectivity index (χ1n) is 4.78. The van der Waals surface area contributed by atoms with Crippen molar-refractivity contribution in [3.8, 4) is 0 Å². The van der Waals surface area contributed by atoms with Crippen molar-refractivity contribution in [2.45, 2.75) is 32.1 Å². The number of aromatic nitrogens is 2. The van der Waals surface area contributed by atoms with Gasteiger partial charge in [-0.1, -0.05) is 11.6 Å². The summed E-state index contributed by atoms with van der Waals surface area (Å²) in [5.41, 5.74) is 6.25. The SMILES string of the molecule is Cc1nc(C)c(C2(C(N)=O)CC2)c(Cl)n1. The number of aryl methyl sites for hydroxylation is 2. The maximum absolute atomic E-state index is 11.4. The first kappa shape index (κ1) is 10.4. The van der Waals surface area contributed by atoms with Crippen LogP contribution in [-0.2, 0) is 10.2 Å². The van der Waals surface area contributed by atoms with Crippen LogP contribution in [0.3, 0.4) is 0 Å². The molecule has 0 saturated heterocycles. The minimum atomic E-state index is -0.602. The van der Waals surface area contributed by atoms with E-state index < -0.39 is 5.41 Å². The van der Waals surface area contributed by atoms with Gasteiger partial charge in [0, 0.05) is 11.3 Å². The van der Waals surface area contributed by atoms with Crippen LogP contribution in [0.2, 0.25) is 5.15 Å². The van der Waals surface area contributed by atoms with Crippen molar-refractivity contribution in [3.63, 3.8) is 0 Å². The standard InChI is InChI=1S/C10H12ClN3O/c1-5-7(8(11)14-6(2)13-5)10(3-4-10)9(12)15/h3-4H2,1-2H3,(H2,12,15). The number of halogens is 1. The molecule has 1 fully saturated rings. The summed E-state index contributed by atoms with van der Waals surface area (Å²) in [6.45, 7) is 3.60. The van der Waals surface area contributed by atoms with Gasteiger partial charge in [0.2, 0.25) is 5.91 Å². The summed E-state index contributed by atoms with van der Waals surface area (Å²) >= 11 is 6.04. The normalized spacial score (nSPS) is 17.5. The van der Waals surface area contributed by atoms with Crippen LogP contribution in [0.1, 0.15) is 29.9 Å². The van der Waals surface area contributed by atoms with Gasteiger partial charge in [-0.25, -0.2) is 9.97 Å². The van der Waals surface area contributed by atoms with Gasteiger partial charge in [0.15, 0.2) is 0 Å². The summed E-state index contributed by atoms with van der Waals surface area (Å²) in [7, 11) is 0. The van der Waals surface area contributed by atoms with E-state index in [4.69, 9.17) is 17.3 Å². The molecular weight excluding hydrogens is 214 g/mol. The molecule has 0 aromatic carbocycles. The minimum Gasteiger partial charge on any atom is -0.369 e. The van der Waals surface area contributed by atoms with Gasteiger partial charge in [-0.3, -0.25) is 4.79 Å². The van der Waals surface area contributed by atoms with Crippen molar-refractivity contribution in [1.29, 1.82) is 0 Å². The first-order chi connectivity index (χ1) is 6.97. The van der Waals surface area contributed by atoms with Crippen molar-refractivity contribution >= 4 is 17.5 Å². The lowest BCUT2D eigenvalue weighted by Crippen LogP contribution is -2.30. The Balaban J connectivity index is 2.58. The average Bonchev–Trinajstić information content (AvgIpc) is 2.83. The molecule has 0 spiro atoms. The zero-order valence-corrected chi connectivity index (χ0v) is 9.43. The highest BCUT2D eigenvalue weighted by molar-refractivity contribution is 6.30. The summed E-state index contributed by atoms with van der Waals surface area (Å²) in [6, 6.07) is 0. The second kappa shape index (κ2) is 3.17. The minimum absolute atomic E-state index is 0.333. The molecule has 4 nitrogen and oxygen atoms in total. The molecule has 5 heteroatoms. The molecule has 80 valence electrons. The summed E-state index contributed by atoms with van der Waals surface area (Å²) in [5, 5.41) is 0.358. The van der Waals surface area contributed by atoms with Crippen LogP contribution < -0.4 is 5.73 Å². The number of primary amides is 1. The third-order valence-electron chi connectivity index (χ3n) is 2.86. The van der Waals surface area contributed by atoms with Gasteiger partial charge in [-0.2, -0.15) is 0 Å². The monoisotopic (exact) mass is 225 g/mol. The Morgan fingerprint density at radius 3 is 2.40 bits per heavy atom. The van der Waals surface area contributed by atoms with Gasteiger partial charge in [0.1, 0.15) is 11.0 Å². The number of amides is 1. The molecule has 0 atom stereocenters. The van der Waals surface area contributed by atoms with E-state index in [0.29, 0.717) is 16.5 Å². The number of nitrogens with zero attached hydrogens (tertiary/aromatic N) is 2. The quantitative estimate of drug-likeness (QED) is 0.771. The highest BCUT2D eigenvalue weighted by atomic mass is 35.5. The molecule has 0 bridgehead atoms. The van der Waals surface area contributed by atoms with E-state index in [9.17, 15) is 4.79 Å². The molecule has 1 aliphatic rings. The molecule has 1 amide bonds. The fourth-order valence-corrected chi connectivity index (χ4v) is 2.40. The fraction of sp³-hybridized carbons (Fsp3) is 0.500. The number of nitrogens with two attached hydrogens (primary N) is 1. The van der Waals surface area contributed by atoms with Crippen LogP contribution in [0.5, 0.6) is 0 Å². The molecule has 0 aliphatic heterocycles. The van der Waals surface area contributed by atoms with Gasteiger partial charge in [-0.15, -0.1) is 0 Å². The lowest BCUT2D eigenvalue weighted by atomic mass is 9.95. The first-order valence-corrected chi connectivity index (χ1v) is 5.16. The molecule has 1 aromatic heterocycles. The molecule has 1 aliphatic carbocycles. The number of carbonyl (C=O) groups is 1. The van der Waals surface area contributed by atoms with E-state index in [1.54, 1.807) is 6.92 Å². The topological polar surface area (TPSA) is 68.9 Å². The third-order valence-corrected chi connectivity index (χ3v) is 3.13. The number of carbonyl (C=O) groups excluding carboxylic acids is 1. The molecule has 1 aromatic rings. The van der Waals surface area contributed by atoms with Crippen molar-refractivity contribution in [1.82, 2.24) is 9.97 Å². The summed E-state index contributed by atoms with van der Waals surface area (Å²) in [5.74, 6) is 0.279. The maximum Gasteiger partial charge on any atom is 0.228 e. The Hall–Kier alpha value is -1.16. The molecule has 0 radical (unpaired) electrons. The molecule has 2 N–H and O–H groups in total. The summed E-state index contributed by atoms with van der Waals surface area (Å²) in [6.07, 6.45) is 1.49. The van der Waals surface area contributed by atoms with Crippen LogP contribution in [0.15, 0.2) is 0 Å². The van der Waals surface area contributed by atoms with Crippen molar-refractivity contribution in [2.24, 2.45) is 5.73 Å². The Morgan fingerprint density at radius 1 is 1.40 bits per heavy atom. The third kappa shape index (κ3) is 1.49. The highest BCUT2D eigenvalue weighted by Crippen LogP contribution is 2.50. The van der Waals surface area contributed by atoms with Crippen molar-refractivity contribution in [2.75, 3.05) is 0 Å². The van der Waals surface area contributed by atoms with Crippen LogP contribution in [0.4, 0.5) is 0 Å². The number of hydrogen-bond acceptors (Lipinski definition) is 3. The van der Waals surface area contributed by atoms with E-state index in [0.717, 1.165) is 18.5 Å². The maximum atomic E-state index is 11.4. The Kier molecular flexibility index (Phi) is 2.19. The average molecular weight is 226 g/mol. The second-order valence-corrected chi connectivity index (χ2v) is 4.33. The van der Waals surface area contributed by atoms with Crippen molar-refractivity contribution < 1.29 is 4.79 Å². The summed E-state index contributed by atoms with van der Waals surface area (Å²) in [4.78, 5) is 19.7. The van der Waals surface area contributed by atoms with E-state index >= 15 is 0 Å². The van der Waals surface area contributed by atoms with Gasteiger partial charge < -0.3 is 5.73 Å². The van der Waals surface area contributed by atoms with E-state index in [2.05, 4.69) is 9.97 Å². The zero-order chi connectivity index (χ0) is 11.2. The van der Waals surface area contributed by atoms with E-state index in [-0.39, 0.29) is 5.91 Å². The van der Waals surface area contributed by atoms with Crippen LogP contribution in [-0.4, -0.2) is 15.9 Å². The predicted octanol–water partition coefficient (Wildman–Crippen LogP) is 1.26. The Labute approximate surface area is 92.9 Å². The van der Waals surface area contributed by atoms with Gasteiger partial charge in [-0.05, 0) is 26.7 Å². The number of hydrogen-bond donors (Lipinski definition) is 1. The Bertz CT molecular complexity index is 417. The largest absolute Gasteiger partial charge is 0.369 e. The van der Waals surface area contributed by atoms with Gasteiger partial charge >= 0.3 is 0 Å². The Morgan fingerprint density at radius 2 is 2.00 bits per heavy atom. The highest BCUT2D eigenvalue weighted by Gasteiger charge is 2.52. The second-order valence-electron chi connectivity index (χ2n) is 3.97. The molecule has 1 heterocycles. The molecule has 0 unspecified atom stereocenters. The fourth-order valence-electron chi connectivity index (χ4n) is 1.96. The van der Waals surface area contributed by atoms with Crippen LogP contribution in [0.25, 0.3) is 0 Å². The van der Waals surface area contributed by atoms with Crippen LogP contribution >= 0.6 is 11.6 Å². The van der Waals surface area contributed by atoms with E-state index in [1.165, 1.54) is 0 Å². The molecular formula is C10H12ClN3O. The lowest BCUT2D eigenvalue weighted by Gasteiger charge is -2.15. The predicted molar refractivity (Wildman–Crippen MR) is 56.6 cm³/mol. The van der Waals surface area contributed by atoms with Crippen LogP contribution in [0, 0.1) is 13.8 Å². The zero-order valence-electron chi connectivity index (χ0n) is 8.67.